The molecule has 1 heterocycles. The summed E-state index contributed by atoms with van der Waals surface area (Å²) in [6, 6.07) is 4.63. The molecule has 0 saturated heterocycles. The van der Waals surface area contributed by atoms with E-state index >= 15 is 0 Å². The van der Waals surface area contributed by atoms with E-state index in [1.807, 2.05) is 13.8 Å². The SMILES string of the molecule is CC(C)n1cc(Oc2cc(N)ccc2C(=O)O)cn1. The van der Waals surface area contributed by atoms with E-state index in [2.05, 4.69) is 5.10 Å². The van der Waals surface area contributed by atoms with E-state index in [-0.39, 0.29) is 17.4 Å². The fraction of sp³-hybridized carbons (Fsp3) is 0.231. The molecule has 0 fully saturated rings. The maximum Gasteiger partial charge on any atom is 0.339 e. The third-order valence-electron chi connectivity index (χ3n) is 2.57. The second kappa shape index (κ2) is 5.01. The number of benzene rings is 1. The largest absolute Gasteiger partial charge is 0.478 e. The first-order chi connectivity index (χ1) is 8.97. The molecule has 100 valence electrons. The van der Waals surface area contributed by atoms with Gasteiger partial charge >= 0.3 is 5.97 Å². The van der Waals surface area contributed by atoms with Gasteiger partial charge in [-0.15, -0.1) is 0 Å². The Balaban J connectivity index is 2.31. The maximum absolute atomic E-state index is 11.1. The lowest BCUT2D eigenvalue weighted by Gasteiger charge is -2.08. The van der Waals surface area contributed by atoms with Crippen LogP contribution in [0, 0.1) is 0 Å². The van der Waals surface area contributed by atoms with Crippen molar-refractivity contribution in [2.24, 2.45) is 0 Å². The molecule has 1 aromatic heterocycles. The van der Waals surface area contributed by atoms with Crippen molar-refractivity contribution >= 4 is 11.7 Å². The van der Waals surface area contributed by atoms with Gasteiger partial charge in [0.15, 0.2) is 5.75 Å². The monoisotopic (exact) mass is 261 g/mol. The van der Waals surface area contributed by atoms with Gasteiger partial charge in [-0.1, -0.05) is 0 Å². The van der Waals surface area contributed by atoms with E-state index in [1.165, 1.54) is 24.4 Å². The minimum Gasteiger partial charge on any atom is -0.478 e. The zero-order chi connectivity index (χ0) is 14.0. The number of hydrogen-bond donors (Lipinski definition) is 2. The molecule has 0 atom stereocenters. The molecule has 0 amide bonds. The van der Waals surface area contributed by atoms with Crippen molar-refractivity contribution in [1.82, 2.24) is 9.78 Å². The van der Waals surface area contributed by atoms with Crippen molar-refractivity contribution in [3.63, 3.8) is 0 Å². The normalized spacial score (nSPS) is 10.7. The van der Waals surface area contributed by atoms with Gasteiger partial charge in [0, 0.05) is 17.8 Å². The minimum absolute atomic E-state index is 0.0616. The van der Waals surface area contributed by atoms with Crippen LogP contribution in [0.15, 0.2) is 30.6 Å². The molecule has 0 radical (unpaired) electrons. The van der Waals surface area contributed by atoms with Gasteiger partial charge < -0.3 is 15.6 Å². The first-order valence-electron chi connectivity index (χ1n) is 5.82. The molecule has 6 heteroatoms. The van der Waals surface area contributed by atoms with Crippen LogP contribution in [0.2, 0.25) is 0 Å². The van der Waals surface area contributed by atoms with Gasteiger partial charge in [-0.2, -0.15) is 5.10 Å². The number of carboxylic acid groups (broad SMARTS) is 1. The molecular formula is C13H15N3O3. The van der Waals surface area contributed by atoms with Crippen molar-refractivity contribution in [2.75, 3.05) is 5.73 Å². The number of anilines is 1. The molecule has 6 nitrogen and oxygen atoms in total. The summed E-state index contributed by atoms with van der Waals surface area (Å²) < 4.78 is 7.26. The lowest BCUT2D eigenvalue weighted by Crippen LogP contribution is -2.01. The van der Waals surface area contributed by atoms with Crippen LogP contribution in [0.25, 0.3) is 0 Å². The van der Waals surface area contributed by atoms with Gasteiger partial charge in [0.05, 0.1) is 12.4 Å². The number of nitrogens with zero attached hydrogens (tertiary/aromatic N) is 2. The molecule has 0 bridgehead atoms. The van der Waals surface area contributed by atoms with E-state index in [1.54, 1.807) is 10.9 Å². The summed E-state index contributed by atoms with van der Waals surface area (Å²) in [4.78, 5) is 11.1. The van der Waals surface area contributed by atoms with Gasteiger partial charge in [0.2, 0.25) is 0 Å². The average Bonchev–Trinajstić information content (AvgIpc) is 2.77. The topological polar surface area (TPSA) is 90.4 Å². The van der Waals surface area contributed by atoms with Crippen molar-refractivity contribution < 1.29 is 14.6 Å². The van der Waals surface area contributed by atoms with Crippen LogP contribution in [0.3, 0.4) is 0 Å². The molecule has 1 aromatic carbocycles. The van der Waals surface area contributed by atoms with Crippen molar-refractivity contribution in [3.8, 4) is 11.5 Å². The standard InChI is InChI=1S/C13H15N3O3/c1-8(2)16-7-10(6-15-16)19-12-5-9(14)3-4-11(12)13(17)18/h3-8H,14H2,1-2H3,(H,17,18). The molecular weight excluding hydrogens is 246 g/mol. The summed E-state index contributed by atoms with van der Waals surface area (Å²) in [7, 11) is 0. The van der Waals surface area contributed by atoms with Crippen LogP contribution in [-0.4, -0.2) is 20.9 Å². The Labute approximate surface area is 110 Å². The fourth-order valence-corrected chi connectivity index (χ4v) is 1.58. The molecule has 2 aromatic rings. The number of carboxylic acids is 1. The van der Waals surface area contributed by atoms with Crippen LogP contribution in [0.1, 0.15) is 30.2 Å². The molecule has 2 rings (SSSR count). The van der Waals surface area contributed by atoms with E-state index in [4.69, 9.17) is 15.6 Å². The molecule has 0 unspecified atom stereocenters. The lowest BCUT2D eigenvalue weighted by molar-refractivity contribution is 0.0694. The van der Waals surface area contributed by atoms with Gasteiger partial charge in [0.1, 0.15) is 11.3 Å². The first kappa shape index (κ1) is 12.9. The van der Waals surface area contributed by atoms with E-state index in [0.29, 0.717) is 11.4 Å². The van der Waals surface area contributed by atoms with Crippen molar-refractivity contribution in [1.29, 1.82) is 0 Å². The predicted molar refractivity (Wildman–Crippen MR) is 70.5 cm³/mol. The Bertz CT molecular complexity index is 605. The first-order valence-corrected chi connectivity index (χ1v) is 5.82. The van der Waals surface area contributed by atoms with Gasteiger partial charge in [-0.3, -0.25) is 4.68 Å². The Kier molecular flexibility index (Phi) is 3.41. The molecule has 0 aliphatic rings. The number of nitrogens with two attached hydrogens (primary N) is 1. The number of aromatic nitrogens is 2. The third-order valence-corrected chi connectivity index (χ3v) is 2.57. The number of carbonyl (C=O) groups is 1. The highest BCUT2D eigenvalue weighted by molar-refractivity contribution is 5.91. The van der Waals surface area contributed by atoms with Gasteiger partial charge in [-0.05, 0) is 26.0 Å². The zero-order valence-electron chi connectivity index (χ0n) is 10.7. The quantitative estimate of drug-likeness (QED) is 0.825. The number of aromatic carboxylic acids is 1. The second-order valence-corrected chi connectivity index (χ2v) is 4.41. The number of rotatable bonds is 4. The summed E-state index contributed by atoms with van der Waals surface area (Å²) in [6.07, 6.45) is 3.24. The maximum atomic E-state index is 11.1. The minimum atomic E-state index is -1.06. The summed E-state index contributed by atoms with van der Waals surface area (Å²) in [5, 5.41) is 13.2. The number of hydrogen-bond acceptors (Lipinski definition) is 4. The van der Waals surface area contributed by atoms with E-state index in [9.17, 15) is 4.79 Å². The Morgan fingerprint density at radius 1 is 1.47 bits per heavy atom. The molecule has 3 N–H and O–H groups in total. The third kappa shape index (κ3) is 2.85. The second-order valence-electron chi connectivity index (χ2n) is 4.41. The highest BCUT2D eigenvalue weighted by atomic mass is 16.5. The van der Waals surface area contributed by atoms with Crippen LogP contribution < -0.4 is 10.5 Å². The summed E-state index contributed by atoms with van der Waals surface area (Å²) in [5.41, 5.74) is 6.14. The Morgan fingerprint density at radius 3 is 2.79 bits per heavy atom. The fourth-order valence-electron chi connectivity index (χ4n) is 1.58. The summed E-state index contributed by atoms with van der Waals surface area (Å²) in [6.45, 7) is 3.97. The molecule has 0 aliphatic carbocycles. The van der Waals surface area contributed by atoms with Crippen LogP contribution in [-0.2, 0) is 0 Å². The Hall–Kier alpha value is -2.50. The molecule has 0 saturated carbocycles. The highest BCUT2D eigenvalue weighted by Gasteiger charge is 2.13. The summed E-state index contributed by atoms with van der Waals surface area (Å²) >= 11 is 0. The number of ether oxygens (including phenoxy) is 1. The van der Waals surface area contributed by atoms with E-state index < -0.39 is 5.97 Å². The zero-order valence-corrected chi connectivity index (χ0v) is 10.7. The van der Waals surface area contributed by atoms with Crippen molar-refractivity contribution in [2.45, 2.75) is 19.9 Å². The van der Waals surface area contributed by atoms with Crippen molar-refractivity contribution in [3.05, 3.63) is 36.2 Å². The molecule has 0 aliphatic heterocycles. The average molecular weight is 261 g/mol. The Morgan fingerprint density at radius 2 is 2.21 bits per heavy atom. The highest BCUT2D eigenvalue weighted by Crippen LogP contribution is 2.27. The van der Waals surface area contributed by atoms with Crippen LogP contribution in [0.4, 0.5) is 5.69 Å². The van der Waals surface area contributed by atoms with Gasteiger partial charge in [-0.25, -0.2) is 4.79 Å². The van der Waals surface area contributed by atoms with Crippen LogP contribution >= 0.6 is 0 Å². The molecule has 19 heavy (non-hydrogen) atoms. The molecule has 0 spiro atoms. The summed E-state index contributed by atoms with van der Waals surface area (Å²) in [5.74, 6) is -0.385. The predicted octanol–water partition coefficient (Wildman–Crippen LogP) is 2.54. The smallest absolute Gasteiger partial charge is 0.339 e. The lowest BCUT2D eigenvalue weighted by atomic mass is 10.2. The van der Waals surface area contributed by atoms with Gasteiger partial charge in [0.25, 0.3) is 0 Å². The van der Waals surface area contributed by atoms with E-state index in [0.717, 1.165) is 0 Å². The number of nitrogen functional groups attached to an aromatic ring is 1. The van der Waals surface area contributed by atoms with Crippen LogP contribution in [0.5, 0.6) is 11.5 Å².